The molecular formula is C30H36FN3O5S. The molecular weight excluding hydrogens is 533 g/mol. The molecule has 2 amide bonds. The molecule has 3 rings (SSSR count). The van der Waals surface area contributed by atoms with Crippen LogP contribution in [0.25, 0.3) is 0 Å². The number of ether oxygens (including phenoxy) is 1. The van der Waals surface area contributed by atoms with E-state index in [0.717, 1.165) is 16.1 Å². The number of carbonyl (C=O) groups is 2. The summed E-state index contributed by atoms with van der Waals surface area (Å²) in [5, 5.41) is 2.97. The maximum atomic E-state index is 14.0. The molecule has 0 radical (unpaired) electrons. The van der Waals surface area contributed by atoms with Gasteiger partial charge in [0.1, 0.15) is 24.2 Å². The van der Waals surface area contributed by atoms with Crippen LogP contribution in [-0.4, -0.2) is 57.1 Å². The summed E-state index contributed by atoms with van der Waals surface area (Å²) < 4.78 is 45.5. The molecule has 0 spiro atoms. The van der Waals surface area contributed by atoms with E-state index in [0.29, 0.717) is 17.7 Å². The van der Waals surface area contributed by atoms with Gasteiger partial charge in [0.15, 0.2) is 0 Å². The second-order valence-corrected chi connectivity index (χ2v) is 11.5. The van der Waals surface area contributed by atoms with Gasteiger partial charge in [-0.15, -0.1) is 0 Å². The summed E-state index contributed by atoms with van der Waals surface area (Å²) in [7, 11) is -2.38. The average molecular weight is 570 g/mol. The maximum absolute atomic E-state index is 14.0. The van der Waals surface area contributed by atoms with Gasteiger partial charge in [-0.2, -0.15) is 0 Å². The quantitative estimate of drug-likeness (QED) is 0.334. The van der Waals surface area contributed by atoms with Gasteiger partial charge >= 0.3 is 0 Å². The predicted molar refractivity (Wildman–Crippen MR) is 154 cm³/mol. The normalized spacial score (nSPS) is 12.7. The van der Waals surface area contributed by atoms with E-state index in [1.807, 2.05) is 44.2 Å². The van der Waals surface area contributed by atoms with Crippen molar-refractivity contribution < 1.29 is 27.1 Å². The number of nitrogens with one attached hydrogen (secondary N) is 1. The van der Waals surface area contributed by atoms with Gasteiger partial charge in [-0.05, 0) is 60.9 Å². The smallest absolute Gasteiger partial charge is 0.244 e. The lowest BCUT2D eigenvalue weighted by Crippen LogP contribution is -2.54. The zero-order valence-electron chi connectivity index (χ0n) is 23.2. The van der Waals surface area contributed by atoms with Crippen molar-refractivity contribution in [1.29, 1.82) is 0 Å². The lowest BCUT2D eigenvalue weighted by molar-refractivity contribution is -0.140. The van der Waals surface area contributed by atoms with Crippen molar-refractivity contribution in [2.24, 2.45) is 0 Å². The van der Waals surface area contributed by atoms with Crippen LogP contribution in [0.3, 0.4) is 0 Å². The molecule has 0 saturated heterocycles. The SMILES string of the molecule is CCC(C)NC(=O)C(Cc1ccccc1)N(Cc1ccc(F)cc1)C(=O)CN(c1ccc(OC)cc1)S(C)(=O)=O. The Bertz CT molecular complexity index is 1370. The molecule has 214 valence electrons. The zero-order valence-corrected chi connectivity index (χ0v) is 24.0. The number of sulfonamides is 1. The van der Waals surface area contributed by atoms with Gasteiger partial charge < -0.3 is 15.0 Å². The molecule has 1 N–H and O–H groups in total. The summed E-state index contributed by atoms with van der Waals surface area (Å²) in [5.74, 6) is -0.833. The summed E-state index contributed by atoms with van der Waals surface area (Å²) in [6.07, 6.45) is 1.92. The molecule has 0 fully saturated rings. The lowest BCUT2D eigenvalue weighted by Gasteiger charge is -2.34. The van der Waals surface area contributed by atoms with Gasteiger partial charge in [0, 0.05) is 19.0 Å². The highest BCUT2D eigenvalue weighted by molar-refractivity contribution is 7.92. The van der Waals surface area contributed by atoms with Crippen LogP contribution in [0.2, 0.25) is 0 Å². The Kier molecular flexibility index (Phi) is 10.7. The molecule has 0 saturated carbocycles. The summed E-state index contributed by atoms with van der Waals surface area (Å²) >= 11 is 0. The maximum Gasteiger partial charge on any atom is 0.244 e. The molecule has 2 unspecified atom stereocenters. The first-order chi connectivity index (χ1) is 19.0. The summed E-state index contributed by atoms with van der Waals surface area (Å²) in [6.45, 7) is 3.26. The first-order valence-corrected chi connectivity index (χ1v) is 14.9. The summed E-state index contributed by atoms with van der Waals surface area (Å²) in [5.41, 5.74) is 1.71. The van der Waals surface area contributed by atoms with Gasteiger partial charge in [-0.25, -0.2) is 12.8 Å². The Morgan fingerprint density at radius 2 is 1.57 bits per heavy atom. The zero-order chi connectivity index (χ0) is 29.3. The van der Waals surface area contributed by atoms with E-state index >= 15 is 0 Å². The molecule has 40 heavy (non-hydrogen) atoms. The molecule has 0 bridgehead atoms. The minimum Gasteiger partial charge on any atom is -0.497 e. The summed E-state index contributed by atoms with van der Waals surface area (Å²) in [6, 6.07) is 20.1. The third-order valence-corrected chi connectivity index (χ3v) is 7.72. The molecule has 0 heterocycles. The van der Waals surface area contributed by atoms with Gasteiger partial charge in [-0.1, -0.05) is 49.4 Å². The molecule has 3 aromatic carbocycles. The molecule has 2 atom stereocenters. The third kappa shape index (κ3) is 8.54. The highest BCUT2D eigenvalue weighted by Gasteiger charge is 2.33. The number of anilines is 1. The van der Waals surface area contributed by atoms with Crippen LogP contribution in [-0.2, 0) is 32.6 Å². The molecule has 0 aliphatic rings. The fraction of sp³-hybridized carbons (Fsp3) is 0.333. The van der Waals surface area contributed by atoms with Crippen LogP contribution in [0.4, 0.5) is 10.1 Å². The van der Waals surface area contributed by atoms with Crippen LogP contribution in [0.1, 0.15) is 31.4 Å². The van der Waals surface area contributed by atoms with Crippen LogP contribution >= 0.6 is 0 Å². The number of methoxy groups -OCH3 is 1. The van der Waals surface area contributed by atoms with E-state index in [2.05, 4.69) is 5.32 Å². The highest BCUT2D eigenvalue weighted by atomic mass is 32.2. The Morgan fingerprint density at radius 3 is 2.12 bits per heavy atom. The number of rotatable bonds is 13. The van der Waals surface area contributed by atoms with Crippen LogP contribution in [0.5, 0.6) is 5.75 Å². The van der Waals surface area contributed by atoms with E-state index in [9.17, 15) is 22.4 Å². The molecule has 3 aromatic rings. The minimum absolute atomic E-state index is 0.0231. The van der Waals surface area contributed by atoms with Gasteiger partial charge in [0.2, 0.25) is 21.8 Å². The number of benzene rings is 3. The topological polar surface area (TPSA) is 96.0 Å². The molecule has 0 aromatic heterocycles. The van der Waals surface area contributed by atoms with Crippen molar-refractivity contribution in [2.45, 2.75) is 45.3 Å². The number of carbonyl (C=O) groups excluding carboxylic acids is 2. The number of halogens is 1. The van der Waals surface area contributed by atoms with E-state index in [1.54, 1.807) is 36.4 Å². The Balaban J connectivity index is 2.04. The van der Waals surface area contributed by atoms with E-state index in [-0.39, 0.29) is 30.6 Å². The van der Waals surface area contributed by atoms with Crippen LogP contribution in [0, 0.1) is 5.82 Å². The third-order valence-electron chi connectivity index (χ3n) is 6.58. The standard InChI is InChI=1S/C30H36FN3O5S/c1-5-22(2)32-30(36)28(19-23-9-7-6-8-10-23)33(20-24-11-13-25(31)14-12-24)29(35)21-34(40(4,37)38)26-15-17-27(39-3)18-16-26/h6-18,22,28H,5,19-21H2,1-4H3,(H,32,36). The monoisotopic (exact) mass is 569 g/mol. The number of hydrogen-bond donors (Lipinski definition) is 1. The fourth-order valence-corrected chi connectivity index (χ4v) is 4.99. The van der Waals surface area contributed by atoms with Crippen molar-refractivity contribution in [3.05, 3.63) is 95.8 Å². The van der Waals surface area contributed by atoms with Crippen molar-refractivity contribution in [2.75, 3.05) is 24.2 Å². The molecule has 0 aliphatic heterocycles. The second kappa shape index (κ2) is 13.9. The lowest BCUT2D eigenvalue weighted by atomic mass is 10.0. The first-order valence-electron chi connectivity index (χ1n) is 13.0. The molecule has 8 nitrogen and oxygen atoms in total. The highest BCUT2D eigenvalue weighted by Crippen LogP contribution is 2.23. The number of hydrogen-bond acceptors (Lipinski definition) is 5. The first kappa shape index (κ1) is 30.6. The average Bonchev–Trinajstić information content (AvgIpc) is 2.94. The van der Waals surface area contributed by atoms with E-state index in [4.69, 9.17) is 4.74 Å². The summed E-state index contributed by atoms with van der Waals surface area (Å²) in [4.78, 5) is 29.0. The van der Waals surface area contributed by atoms with Gasteiger partial charge in [0.05, 0.1) is 19.1 Å². The number of amides is 2. The van der Waals surface area contributed by atoms with E-state index in [1.165, 1.54) is 24.1 Å². The largest absolute Gasteiger partial charge is 0.497 e. The minimum atomic E-state index is -3.88. The fourth-order valence-electron chi connectivity index (χ4n) is 4.14. The second-order valence-electron chi connectivity index (χ2n) is 9.64. The van der Waals surface area contributed by atoms with Crippen molar-refractivity contribution in [3.63, 3.8) is 0 Å². The van der Waals surface area contributed by atoms with Crippen molar-refractivity contribution in [1.82, 2.24) is 10.2 Å². The van der Waals surface area contributed by atoms with Crippen LogP contribution in [0.15, 0.2) is 78.9 Å². The predicted octanol–water partition coefficient (Wildman–Crippen LogP) is 4.16. The number of nitrogens with zero attached hydrogens (tertiary/aromatic N) is 2. The van der Waals surface area contributed by atoms with Crippen LogP contribution < -0.4 is 14.4 Å². The van der Waals surface area contributed by atoms with Gasteiger partial charge in [0.25, 0.3) is 0 Å². The van der Waals surface area contributed by atoms with Gasteiger partial charge in [-0.3, -0.25) is 13.9 Å². The Hall–Kier alpha value is -3.92. The Morgan fingerprint density at radius 1 is 0.950 bits per heavy atom. The van der Waals surface area contributed by atoms with Crippen molar-refractivity contribution in [3.8, 4) is 5.75 Å². The Labute approximate surface area is 235 Å². The molecule has 0 aliphatic carbocycles. The van der Waals surface area contributed by atoms with Crippen molar-refractivity contribution >= 4 is 27.5 Å². The van der Waals surface area contributed by atoms with E-state index < -0.39 is 34.3 Å². The molecule has 10 heteroatoms.